The Bertz CT molecular complexity index is 691. The van der Waals surface area contributed by atoms with Gasteiger partial charge in [0.2, 0.25) is 11.6 Å². The average molecular weight is 331 g/mol. The molecule has 1 unspecified atom stereocenters. The summed E-state index contributed by atoms with van der Waals surface area (Å²) in [5.41, 5.74) is 1.72. The molecule has 8 heteroatoms. The number of anilines is 3. The van der Waals surface area contributed by atoms with Crippen molar-refractivity contribution < 1.29 is 9.66 Å². The number of nitrogens with zero attached hydrogens (tertiary/aromatic N) is 3. The molecule has 8 nitrogen and oxygen atoms in total. The van der Waals surface area contributed by atoms with E-state index in [0.29, 0.717) is 6.61 Å². The molecule has 0 aliphatic heterocycles. The Kier molecular flexibility index (Phi) is 6.02. The molecule has 0 bridgehead atoms. The highest BCUT2D eigenvalue weighted by Gasteiger charge is 2.24. The summed E-state index contributed by atoms with van der Waals surface area (Å²) in [5.74, 6) is 0.304. The third-order valence-electron chi connectivity index (χ3n) is 3.43. The van der Waals surface area contributed by atoms with Gasteiger partial charge in [-0.3, -0.25) is 10.1 Å². The molecule has 0 saturated carbocycles. The van der Waals surface area contributed by atoms with Crippen molar-refractivity contribution in [2.75, 3.05) is 24.4 Å². The number of hydrogen-bond acceptors (Lipinski definition) is 7. The van der Waals surface area contributed by atoms with Crippen molar-refractivity contribution in [1.82, 2.24) is 9.97 Å². The topological polar surface area (TPSA) is 102 Å². The van der Waals surface area contributed by atoms with Gasteiger partial charge in [-0.25, -0.2) is 9.97 Å². The Hall–Kier alpha value is -2.74. The van der Waals surface area contributed by atoms with Crippen molar-refractivity contribution in [2.24, 2.45) is 0 Å². The highest BCUT2D eigenvalue weighted by atomic mass is 16.6. The van der Waals surface area contributed by atoms with Crippen molar-refractivity contribution in [3.05, 3.63) is 46.3 Å². The van der Waals surface area contributed by atoms with E-state index in [2.05, 4.69) is 27.5 Å². The van der Waals surface area contributed by atoms with Crippen molar-refractivity contribution >= 4 is 23.0 Å². The third kappa shape index (κ3) is 4.39. The first kappa shape index (κ1) is 17.6. The third-order valence-corrected chi connectivity index (χ3v) is 3.43. The molecule has 0 aliphatic rings. The number of rotatable bonds is 8. The summed E-state index contributed by atoms with van der Waals surface area (Å²) in [7, 11) is 1.57. The Labute approximate surface area is 140 Å². The summed E-state index contributed by atoms with van der Waals surface area (Å²) in [6, 6.07) is 7.54. The lowest BCUT2D eigenvalue weighted by Gasteiger charge is -2.14. The van der Waals surface area contributed by atoms with E-state index in [9.17, 15) is 10.1 Å². The first-order chi connectivity index (χ1) is 11.5. The molecule has 0 saturated heterocycles. The quantitative estimate of drug-likeness (QED) is 0.566. The van der Waals surface area contributed by atoms with Gasteiger partial charge in [0.05, 0.1) is 11.5 Å². The summed E-state index contributed by atoms with van der Waals surface area (Å²) in [4.78, 5) is 19.0. The van der Waals surface area contributed by atoms with E-state index in [1.807, 2.05) is 31.2 Å². The van der Waals surface area contributed by atoms with Crippen LogP contribution in [0.4, 0.5) is 23.0 Å². The van der Waals surface area contributed by atoms with Crippen LogP contribution in [-0.2, 0) is 11.2 Å². The number of hydrogen-bond donors (Lipinski definition) is 2. The second-order valence-corrected chi connectivity index (χ2v) is 5.35. The molecule has 128 valence electrons. The van der Waals surface area contributed by atoms with Gasteiger partial charge in [-0.05, 0) is 31.0 Å². The predicted octanol–water partition coefficient (Wildman–Crippen LogP) is 3.14. The molecule has 2 N–H and O–H groups in total. The molecular weight excluding hydrogens is 310 g/mol. The molecule has 2 rings (SSSR count). The SMILES string of the molecule is CCc1ccc(Nc2ncnc(NC(C)COC)c2[N+](=O)[O-])cc1. The number of nitro groups is 1. The lowest BCUT2D eigenvalue weighted by molar-refractivity contribution is -0.383. The normalized spacial score (nSPS) is 11.8. The standard InChI is InChI=1S/C16H21N5O3/c1-4-12-5-7-13(8-6-12)20-16-14(21(22)23)15(17-10-18-16)19-11(2)9-24-3/h5-8,10-11H,4,9H2,1-3H3,(H2,17,18,19,20). The molecule has 2 aromatic rings. The van der Waals surface area contributed by atoms with Gasteiger partial charge < -0.3 is 15.4 Å². The molecule has 0 aliphatic carbocycles. The zero-order chi connectivity index (χ0) is 17.5. The van der Waals surface area contributed by atoms with Crippen molar-refractivity contribution in [3.8, 4) is 0 Å². The first-order valence-electron chi connectivity index (χ1n) is 7.66. The number of aromatic nitrogens is 2. The predicted molar refractivity (Wildman–Crippen MR) is 92.7 cm³/mol. The molecule has 24 heavy (non-hydrogen) atoms. The van der Waals surface area contributed by atoms with E-state index >= 15 is 0 Å². The fourth-order valence-electron chi connectivity index (χ4n) is 2.23. The summed E-state index contributed by atoms with van der Waals surface area (Å²) in [6.07, 6.45) is 2.22. The Morgan fingerprint density at radius 3 is 2.50 bits per heavy atom. The van der Waals surface area contributed by atoms with Gasteiger partial charge in [0.15, 0.2) is 0 Å². The van der Waals surface area contributed by atoms with E-state index < -0.39 is 4.92 Å². The fraction of sp³-hybridized carbons (Fsp3) is 0.375. The van der Waals surface area contributed by atoms with Crippen LogP contribution in [0.5, 0.6) is 0 Å². The minimum atomic E-state index is -0.495. The largest absolute Gasteiger partial charge is 0.383 e. The summed E-state index contributed by atoms with van der Waals surface area (Å²) in [6.45, 7) is 4.32. The van der Waals surface area contributed by atoms with E-state index in [-0.39, 0.29) is 23.4 Å². The van der Waals surface area contributed by atoms with Crippen LogP contribution in [0.25, 0.3) is 0 Å². The van der Waals surface area contributed by atoms with Crippen LogP contribution < -0.4 is 10.6 Å². The molecule has 1 heterocycles. The Balaban J connectivity index is 2.29. The van der Waals surface area contributed by atoms with E-state index in [4.69, 9.17) is 4.74 Å². The summed E-state index contributed by atoms with van der Waals surface area (Å²) >= 11 is 0. The molecule has 1 aromatic heterocycles. The van der Waals surface area contributed by atoms with E-state index in [0.717, 1.165) is 12.1 Å². The second-order valence-electron chi connectivity index (χ2n) is 5.35. The maximum absolute atomic E-state index is 11.5. The van der Waals surface area contributed by atoms with Gasteiger partial charge in [0.1, 0.15) is 6.33 Å². The van der Waals surface area contributed by atoms with Gasteiger partial charge in [0.25, 0.3) is 0 Å². The van der Waals surface area contributed by atoms with Crippen molar-refractivity contribution in [3.63, 3.8) is 0 Å². The highest BCUT2D eigenvalue weighted by molar-refractivity contribution is 5.73. The minimum absolute atomic E-state index is 0.125. The van der Waals surface area contributed by atoms with Gasteiger partial charge in [-0.2, -0.15) is 0 Å². The maximum atomic E-state index is 11.5. The van der Waals surface area contributed by atoms with Crippen molar-refractivity contribution in [2.45, 2.75) is 26.3 Å². The number of aryl methyl sites for hydroxylation is 1. The van der Waals surface area contributed by atoms with Gasteiger partial charge in [-0.15, -0.1) is 0 Å². The first-order valence-corrected chi connectivity index (χ1v) is 7.66. The summed E-state index contributed by atoms with van der Waals surface area (Å²) in [5, 5.41) is 17.5. The lowest BCUT2D eigenvalue weighted by atomic mass is 10.1. The van der Waals surface area contributed by atoms with Crippen LogP contribution in [0.1, 0.15) is 19.4 Å². The molecule has 0 spiro atoms. The molecule has 1 aromatic carbocycles. The van der Waals surface area contributed by atoms with Gasteiger partial charge >= 0.3 is 5.69 Å². The molecule has 0 fully saturated rings. The number of ether oxygens (including phenoxy) is 1. The Morgan fingerprint density at radius 2 is 1.92 bits per heavy atom. The number of methoxy groups -OCH3 is 1. The summed E-state index contributed by atoms with van der Waals surface area (Å²) < 4.78 is 5.03. The van der Waals surface area contributed by atoms with Crippen LogP contribution in [0.15, 0.2) is 30.6 Å². The second kappa shape index (κ2) is 8.21. The van der Waals surface area contributed by atoms with Crippen molar-refractivity contribution in [1.29, 1.82) is 0 Å². The zero-order valence-corrected chi connectivity index (χ0v) is 13.9. The van der Waals surface area contributed by atoms with E-state index in [1.165, 1.54) is 11.9 Å². The monoisotopic (exact) mass is 331 g/mol. The smallest absolute Gasteiger partial charge is 0.353 e. The van der Waals surface area contributed by atoms with Crippen LogP contribution in [0.3, 0.4) is 0 Å². The number of nitrogens with one attached hydrogen (secondary N) is 2. The van der Waals surface area contributed by atoms with Crippen LogP contribution in [-0.4, -0.2) is 34.6 Å². The maximum Gasteiger partial charge on any atom is 0.353 e. The zero-order valence-electron chi connectivity index (χ0n) is 13.9. The number of benzene rings is 1. The molecular formula is C16H21N5O3. The van der Waals surface area contributed by atoms with Gasteiger partial charge in [-0.1, -0.05) is 19.1 Å². The highest BCUT2D eigenvalue weighted by Crippen LogP contribution is 2.31. The molecule has 1 atom stereocenters. The molecule has 0 amide bonds. The van der Waals surface area contributed by atoms with Crippen LogP contribution >= 0.6 is 0 Å². The minimum Gasteiger partial charge on any atom is -0.383 e. The lowest BCUT2D eigenvalue weighted by Crippen LogP contribution is -2.22. The van der Waals surface area contributed by atoms with Crippen LogP contribution in [0.2, 0.25) is 0 Å². The molecule has 0 radical (unpaired) electrons. The fourth-order valence-corrected chi connectivity index (χ4v) is 2.23. The van der Waals surface area contributed by atoms with Crippen LogP contribution in [0, 0.1) is 10.1 Å². The average Bonchev–Trinajstić information content (AvgIpc) is 2.55. The van der Waals surface area contributed by atoms with E-state index in [1.54, 1.807) is 7.11 Å². The Morgan fingerprint density at radius 1 is 1.25 bits per heavy atom. The van der Waals surface area contributed by atoms with Gasteiger partial charge in [0, 0.05) is 18.8 Å².